The predicted molar refractivity (Wildman–Crippen MR) is 117 cm³/mol. The van der Waals surface area contributed by atoms with E-state index < -0.39 is 0 Å². The van der Waals surface area contributed by atoms with Crippen LogP contribution in [0.1, 0.15) is 22.5 Å². The van der Waals surface area contributed by atoms with Crippen LogP contribution in [0.25, 0.3) is 11.1 Å². The molecular weight excluding hydrogens is 424 g/mol. The number of hydrogen-bond donors (Lipinski definition) is 0. The third-order valence-corrected chi connectivity index (χ3v) is 5.23. The van der Waals surface area contributed by atoms with Crippen LogP contribution >= 0.6 is 0 Å². The fraction of sp³-hybridized carbons (Fsp3) is 0. The van der Waals surface area contributed by atoms with Crippen LogP contribution < -0.4 is 0 Å². The van der Waals surface area contributed by atoms with Crippen molar-refractivity contribution in [2.45, 2.75) is 0 Å². The smallest absolute Gasteiger partial charge is 0.138 e. The highest BCUT2D eigenvalue weighted by Crippen LogP contribution is 2.50. The predicted octanol–water partition coefficient (Wildman–Crippen LogP) is 3.70. The van der Waals surface area contributed by atoms with Gasteiger partial charge in [-0.25, -0.2) is 0 Å². The van der Waals surface area contributed by atoms with E-state index in [4.69, 9.17) is 10.5 Å². The number of pyridine rings is 2. The molecule has 4 rings (SSSR count). The van der Waals surface area contributed by atoms with Crippen molar-refractivity contribution < 1.29 is 0 Å². The number of rotatable bonds is 2. The molecule has 2 aliphatic rings. The first-order valence-electron chi connectivity index (χ1n) is 9.61. The summed E-state index contributed by atoms with van der Waals surface area (Å²) in [6.07, 6.45) is 6.10. The monoisotopic (exact) mass is 432 g/mol. The van der Waals surface area contributed by atoms with Crippen LogP contribution in [0.5, 0.6) is 0 Å². The Bertz CT molecular complexity index is 1510. The molecule has 0 saturated heterocycles. The standard InChI is InChI=1S/C26H8N8/c27-7-15-1-3-23(33-13-15)21-5-19-20(25(21)17(9-29)10-30)6-22(26(19)18(11-31)12-32)24-4-2-16(8-28)14-34-24/h1-6,13-14H. The zero-order chi connectivity index (χ0) is 24.2. The molecule has 2 aromatic rings. The molecule has 0 N–H and O–H groups in total. The molecule has 0 unspecified atom stereocenters. The summed E-state index contributed by atoms with van der Waals surface area (Å²) in [4.78, 5) is 8.57. The molecule has 8 heteroatoms. The van der Waals surface area contributed by atoms with Crippen LogP contribution in [0, 0.1) is 68.0 Å². The molecule has 0 aromatic carbocycles. The summed E-state index contributed by atoms with van der Waals surface area (Å²) in [7, 11) is 0. The third-order valence-electron chi connectivity index (χ3n) is 5.23. The van der Waals surface area contributed by atoms with Gasteiger partial charge >= 0.3 is 0 Å². The van der Waals surface area contributed by atoms with E-state index in [0.717, 1.165) is 0 Å². The molecule has 0 atom stereocenters. The molecule has 0 amide bonds. The Balaban J connectivity index is 1.99. The highest BCUT2D eigenvalue weighted by Gasteiger charge is 2.35. The van der Waals surface area contributed by atoms with Gasteiger partial charge in [-0.05, 0) is 47.6 Å². The minimum absolute atomic E-state index is 0.164. The first-order chi connectivity index (χ1) is 16.6. The van der Waals surface area contributed by atoms with E-state index in [9.17, 15) is 21.0 Å². The molecule has 0 aliphatic heterocycles. The second kappa shape index (κ2) is 8.59. The van der Waals surface area contributed by atoms with Crippen molar-refractivity contribution in [1.29, 1.82) is 31.6 Å². The van der Waals surface area contributed by atoms with E-state index in [-0.39, 0.29) is 11.1 Å². The maximum Gasteiger partial charge on any atom is 0.138 e. The van der Waals surface area contributed by atoms with Crippen molar-refractivity contribution >= 4 is 11.1 Å². The van der Waals surface area contributed by atoms with Crippen LogP contribution in [-0.4, -0.2) is 9.97 Å². The summed E-state index contributed by atoms with van der Waals surface area (Å²) in [5.41, 5.74) is 3.73. The molecule has 0 spiro atoms. The van der Waals surface area contributed by atoms with Gasteiger partial charge in [-0.2, -0.15) is 31.6 Å². The molecule has 2 aliphatic carbocycles. The van der Waals surface area contributed by atoms with Gasteiger partial charge in [0.1, 0.15) is 47.6 Å². The quantitative estimate of drug-likeness (QED) is 0.647. The highest BCUT2D eigenvalue weighted by molar-refractivity contribution is 6.04. The maximum absolute atomic E-state index is 9.64. The van der Waals surface area contributed by atoms with E-state index in [0.29, 0.717) is 56.0 Å². The van der Waals surface area contributed by atoms with E-state index >= 15 is 0 Å². The van der Waals surface area contributed by atoms with Crippen LogP contribution in [-0.2, 0) is 0 Å². The summed E-state index contributed by atoms with van der Waals surface area (Å²) in [6, 6.07) is 17.9. The minimum atomic E-state index is -0.164. The van der Waals surface area contributed by atoms with Gasteiger partial charge in [-0.15, -0.1) is 0 Å². The van der Waals surface area contributed by atoms with Gasteiger partial charge in [-0.1, -0.05) is 0 Å². The van der Waals surface area contributed by atoms with Gasteiger partial charge in [0.15, 0.2) is 0 Å². The molecular formula is C26H8N8. The van der Waals surface area contributed by atoms with E-state index in [2.05, 4.69) is 9.97 Å². The first kappa shape index (κ1) is 21.2. The van der Waals surface area contributed by atoms with Crippen LogP contribution in [0.3, 0.4) is 0 Å². The molecule has 8 nitrogen and oxygen atoms in total. The number of hydrogen-bond acceptors (Lipinski definition) is 8. The number of nitriles is 6. The summed E-state index contributed by atoms with van der Waals surface area (Å²) < 4.78 is 0. The van der Waals surface area contributed by atoms with Crippen molar-refractivity contribution in [3.8, 4) is 36.4 Å². The molecule has 34 heavy (non-hydrogen) atoms. The molecule has 0 bridgehead atoms. The topological polar surface area (TPSA) is 169 Å². The zero-order valence-corrected chi connectivity index (χ0v) is 17.2. The minimum Gasteiger partial charge on any atom is -0.255 e. The normalized spacial score (nSPS) is 13.2. The number of aromatic nitrogens is 2. The van der Waals surface area contributed by atoms with E-state index in [1.807, 2.05) is 36.4 Å². The van der Waals surface area contributed by atoms with Crippen LogP contribution in [0.2, 0.25) is 0 Å². The first-order valence-corrected chi connectivity index (χ1v) is 9.61. The van der Waals surface area contributed by atoms with Gasteiger partial charge in [0.25, 0.3) is 0 Å². The van der Waals surface area contributed by atoms with E-state index in [1.54, 1.807) is 36.4 Å². The van der Waals surface area contributed by atoms with Crippen molar-refractivity contribution in [3.63, 3.8) is 0 Å². The lowest BCUT2D eigenvalue weighted by molar-refractivity contribution is 1.25. The average Bonchev–Trinajstić information content (AvgIpc) is 3.43. The van der Waals surface area contributed by atoms with Crippen molar-refractivity contribution in [3.05, 3.63) is 105 Å². The molecule has 0 fully saturated rings. The number of nitrogens with zero attached hydrogens (tertiary/aromatic N) is 8. The second-order valence-electron chi connectivity index (χ2n) is 6.98. The lowest BCUT2D eigenvalue weighted by Crippen LogP contribution is -1.98. The molecule has 152 valence electrons. The van der Waals surface area contributed by atoms with Gasteiger partial charge < -0.3 is 0 Å². The van der Waals surface area contributed by atoms with Gasteiger partial charge in [0.2, 0.25) is 0 Å². The van der Waals surface area contributed by atoms with Gasteiger partial charge in [0, 0.05) is 34.7 Å². The third kappa shape index (κ3) is 3.30. The van der Waals surface area contributed by atoms with E-state index in [1.165, 1.54) is 12.4 Å². The maximum atomic E-state index is 9.64. The Morgan fingerprint density at radius 2 is 0.941 bits per heavy atom. The highest BCUT2D eigenvalue weighted by atomic mass is 14.7. The van der Waals surface area contributed by atoms with Crippen molar-refractivity contribution in [2.75, 3.05) is 0 Å². The Hall–Kier alpha value is -6.06. The Kier molecular flexibility index (Phi) is 5.35. The number of allylic oxidation sites excluding steroid dienone is 10. The summed E-state index contributed by atoms with van der Waals surface area (Å²) in [6.45, 7) is 0. The fourth-order valence-electron chi connectivity index (χ4n) is 3.75. The van der Waals surface area contributed by atoms with Crippen molar-refractivity contribution in [1.82, 2.24) is 9.97 Å². The van der Waals surface area contributed by atoms with Crippen molar-refractivity contribution in [2.24, 2.45) is 0 Å². The fourth-order valence-corrected chi connectivity index (χ4v) is 3.75. The molecule has 0 radical (unpaired) electrons. The Morgan fingerprint density at radius 1 is 0.559 bits per heavy atom. The Morgan fingerprint density at radius 3 is 1.21 bits per heavy atom. The van der Waals surface area contributed by atoms with Gasteiger partial charge in [-0.3, -0.25) is 9.97 Å². The SMILES string of the molecule is N#CC(C#N)=C1C(c2ccc(C#N)cn2)=CC2=C1C=C(c1ccc(C#N)cn1)C2=C(C#N)C#N. The lowest BCUT2D eigenvalue weighted by atomic mass is 9.93. The lowest BCUT2D eigenvalue weighted by Gasteiger charge is -2.10. The second-order valence-corrected chi connectivity index (χ2v) is 6.98. The van der Waals surface area contributed by atoms with Crippen LogP contribution in [0.4, 0.5) is 0 Å². The molecule has 2 heterocycles. The summed E-state index contributed by atoms with van der Waals surface area (Å²) >= 11 is 0. The summed E-state index contributed by atoms with van der Waals surface area (Å²) in [5, 5.41) is 56.7. The average molecular weight is 432 g/mol. The molecule has 2 aromatic heterocycles. The summed E-state index contributed by atoms with van der Waals surface area (Å²) in [5.74, 6) is 0. The largest absolute Gasteiger partial charge is 0.255 e. The Labute approximate surface area is 194 Å². The molecule has 0 saturated carbocycles. The van der Waals surface area contributed by atoms with Gasteiger partial charge in [0.05, 0.1) is 22.5 Å². The zero-order valence-electron chi connectivity index (χ0n) is 17.2. The van der Waals surface area contributed by atoms with Crippen LogP contribution in [0.15, 0.2) is 82.2 Å².